The highest BCUT2D eigenvalue weighted by molar-refractivity contribution is 7.90. The van der Waals surface area contributed by atoms with E-state index in [4.69, 9.17) is 9.72 Å². The highest BCUT2D eigenvalue weighted by Crippen LogP contribution is 2.68. The molecule has 1 saturated heterocycles. The first-order valence-electron chi connectivity index (χ1n) is 13.7. The van der Waals surface area contributed by atoms with Crippen molar-refractivity contribution in [1.29, 1.82) is 0 Å². The first-order chi connectivity index (χ1) is 18.6. The van der Waals surface area contributed by atoms with Gasteiger partial charge in [0.1, 0.15) is 5.82 Å². The Labute approximate surface area is 250 Å². The lowest BCUT2D eigenvalue weighted by Crippen LogP contribution is -2.41. The summed E-state index contributed by atoms with van der Waals surface area (Å²) >= 11 is 0. The van der Waals surface area contributed by atoms with Gasteiger partial charge in [0.2, 0.25) is 5.88 Å². The molecule has 1 saturated carbocycles. The number of carbonyl (C=O) groups is 1. The van der Waals surface area contributed by atoms with Crippen molar-refractivity contribution >= 4 is 35.2 Å². The second-order valence-corrected chi connectivity index (χ2v) is 14.6. The molecule has 1 aliphatic carbocycles. The van der Waals surface area contributed by atoms with Crippen LogP contribution in [0.4, 0.5) is 5.82 Å². The second-order valence-electron chi connectivity index (χ2n) is 12.9. The van der Waals surface area contributed by atoms with E-state index in [0.717, 1.165) is 6.42 Å². The van der Waals surface area contributed by atoms with Crippen LogP contribution in [0.1, 0.15) is 65.2 Å². The van der Waals surface area contributed by atoms with Crippen molar-refractivity contribution in [3.63, 3.8) is 0 Å². The SMILES string of the molecule is C[C@@H]1CN(c2nc(-n3ccc(OCC4C(C)(C)C4(C)C)n3)ccc2C(=O)NS(=O)(=O)c2ccccc2)C(C)(C)C1.S. The summed E-state index contributed by atoms with van der Waals surface area (Å²) in [5.74, 6) is 1.53. The summed E-state index contributed by atoms with van der Waals surface area (Å²) in [6.45, 7) is 16.7. The minimum absolute atomic E-state index is 0. The zero-order valence-corrected chi connectivity index (χ0v) is 26.6. The van der Waals surface area contributed by atoms with Crippen LogP contribution in [-0.4, -0.2) is 47.8 Å². The number of ether oxygens (including phenoxy) is 1. The van der Waals surface area contributed by atoms with Crippen LogP contribution in [0.5, 0.6) is 5.88 Å². The third-order valence-electron chi connectivity index (χ3n) is 9.23. The van der Waals surface area contributed by atoms with E-state index < -0.39 is 15.9 Å². The van der Waals surface area contributed by atoms with Gasteiger partial charge in [-0.15, -0.1) is 5.10 Å². The first-order valence-corrected chi connectivity index (χ1v) is 15.2. The van der Waals surface area contributed by atoms with Crippen LogP contribution in [0.2, 0.25) is 0 Å². The maximum Gasteiger partial charge on any atom is 0.268 e. The Kier molecular flexibility index (Phi) is 8.03. The van der Waals surface area contributed by atoms with Gasteiger partial charge < -0.3 is 9.64 Å². The number of rotatable bonds is 8. The number of pyridine rings is 1. The van der Waals surface area contributed by atoms with E-state index in [1.165, 1.54) is 12.1 Å². The highest BCUT2D eigenvalue weighted by atomic mass is 32.2. The molecule has 2 aliphatic rings. The molecule has 222 valence electrons. The number of anilines is 1. The number of hydrogen-bond donors (Lipinski definition) is 1. The van der Waals surface area contributed by atoms with Gasteiger partial charge >= 0.3 is 0 Å². The summed E-state index contributed by atoms with van der Waals surface area (Å²) in [7, 11) is -4.05. The van der Waals surface area contributed by atoms with Gasteiger partial charge in [-0.1, -0.05) is 52.8 Å². The number of aromatic nitrogens is 3. The average Bonchev–Trinajstić information content (AvgIpc) is 3.27. The number of sulfonamides is 1. The van der Waals surface area contributed by atoms with Crippen molar-refractivity contribution in [1.82, 2.24) is 19.5 Å². The molecule has 1 aromatic carbocycles. The molecule has 9 nitrogen and oxygen atoms in total. The van der Waals surface area contributed by atoms with E-state index in [0.29, 0.717) is 42.5 Å². The molecule has 1 N–H and O–H groups in total. The van der Waals surface area contributed by atoms with E-state index >= 15 is 0 Å². The summed E-state index contributed by atoms with van der Waals surface area (Å²) in [4.78, 5) is 20.4. The lowest BCUT2D eigenvalue weighted by Gasteiger charge is -2.34. The van der Waals surface area contributed by atoms with Crippen LogP contribution >= 0.6 is 13.5 Å². The number of benzene rings is 1. The summed E-state index contributed by atoms with van der Waals surface area (Å²) in [5, 5.41) is 4.59. The molecule has 1 atom stereocenters. The molecule has 2 fully saturated rings. The molecular weight excluding hydrogens is 558 g/mol. The molecule has 0 bridgehead atoms. The fourth-order valence-corrected chi connectivity index (χ4v) is 7.16. The van der Waals surface area contributed by atoms with Crippen LogP contribution in [0.25, 0.3) is 5.82 Å². The third kappa shape index (κ3) is 5.70. The van der Waals surface area contributed by atoms with Gasteiger partial charge in [0.25, 0.3) is 15.9 Å². The smallest absolute Gasteiger partial charge is 0.268 e. The third-order valence-corrected chi connectivity index (χ3v) is 10.6. The molecule has 2 aromatic heterocycles. The molecule has 41 heavy (non-hydrogen) atoms. The first kappa shape index (κ1) is 30.9. The molecule has 11 heteroatoms. The van der Waals surface area contributed by atoms with Crippen LogP contribution < -0.4 is 14.4 Å². The molecule has 1 aliphatic heterocycles. The number of amides is 1. The normalized spacial score (nSPS) is 20.8. The zero-order valence-electron chi connectivity index (χ0n) is 24.8. The Morgan fingerprint density at radius 2 is 1.68 bits per heavy atom. The quantitative estimate of drug-likeness (QED) is 0.380. The largest absolute Gasteiger partial charge is 0.476 e. The van der Waals surface area contributed by atoms with Gasteiger partial charge in [-0.3, -0.25) is 4.79 Å². The highest BCUT2D eigenvalue weighted by Gasteiger charge is 2.64. The van der Waals surface area contributed by atoms with Crippen molar-refractivity contribution in [2.45, 2.75) is 65.3 Å². The minimum atomic E-state index is -4.05. The molecule has 0 radical (unpaired) electrons. The van der Waals surface area contributed by atoms with Gasteiger partial charge in [0, 0.05) is 30.3 Å². The number of nitrogens with one attached hydrogen (secondary N) is 1. The summed E-state index contributed by atoms with van der Waals surface area (Å²) in [6, 6.07) is 12.9. The van der Waals surface area contributed by atoms with Crippen LogP contribution in [-0.2, 0) is 10.0 Å². The molecule has 3 heterocycles. The molecular formula is C30H41N5O4S2. The lowest BCUT2D eigenvalue weighted by molar-refractivity contribution is 0.0981. The van der Waals surface area contributed by atoms with Crippen molar-refractivity contribution in [3.05, 3.63) is 60.3 Å². The maximum absolute atomic E-state index is 13.4. The van der Waals surface area contributed by atoms with E-state index in [2.05, 4.69) is 63.2 Å². The van der Waals surface area contributed by atoms with E-state index in [9.17, 15) is 13.2 Å². The number of nitrogens with zero attached hydrogens (tertiary/aromatic N) is 4. The zero-order chi connectivity index (χ0) is 29.1. The topological polar surface area (TPSA) is 106 Å². The Bertz CT molecular complexity index is 1520. The summed E-state index contributed by atoms with van der Waals surface area (Å²) < 4.78 is 35.7. The standard InChI is InChI=1S/C30H39N5O4S.H2S/c1-20-17-28(2,3)34(18-20)26-22(27(36)33-40(37,38)21-11-9-8-10-12-21)13-14-24(31-26)35-16-15-25(32-35)39-19-23-29(4,5)30(23,6)7;/h8-16,20,23H,17-19H2,1-7H3,(H,33,36);1H2/t20-;/m0./s1. The van der Waals surface area contributed by atoms with Crippen LogP contribution in [0.3, 0.4) is 0 Å². The fraction of sp³-hybridized carbons (Fsp3) is 0.500. The molecule has 0 spiro atoms. The molecule has 1 amide bonds. The van der Waals surface area contributed by atoms with Gasteiger partial charge in [0.15, 0.2) is 5.82 Å². The monoisotopic (exact) mass is 599 g/mol. The van der Waals surface area contributed by atoms with E-state index in [1.807, 2.05) is 0 Å². The average molecular weight is 600 g/mol. The van der Waals surface area contributed by atoms with Crippen molar-refractivity contribution < 1.29 is 17.9 Å². The number of carbonyl (C=O) groups excluding carboxylic acids is 1. The minimum Gasteiger partial charge on any atom is -0.476 e. The van der Waals surface area contributed by atoms with Crippen molar-refractivity contribution in [2.75, 3.05) is 18.1 Å². The summed E-state index contributed by atoms with van der Waals surface area (Å²) in [6.07, 6.45) is 2.69. The molecule has 0 unspecified atom stereocenters. The Morgan fingerprint density at radius 3 is 2.27 bits per heavy atom. The summed E-state index contributed by atoms with van der Waals surface area (Å²) in [5.41, 5.74) is 0.347. The van der Waals surface area contributed by atoms with Gasteiger partial charge in [-0.25, -0.2) is 22.8 Å². The Balaban J connectivity index is 0.00000387. The number of hydrogen-bond acceptors (Lipinski definition) is 7. The lowest BCUT2D eigenvalue weighted by atomic mass is 9.97. The predicted octanol–water partition coefficient (Wildman–Crippen LogP) is 5.18. The Morgan fingerprint density at radius 1 is 1.02 bits per heavy atom. The van der Waals surface area contributed by atoms with Crippen molar-refractivity contribution in [3.8, 4) is 11.7 Å². The van der Waals surface area contributed by atoms with Crippen LogP contribution in [0.15, 0.2) is 59.6 Å². The molecule has 3 aromatic rings. The maximum atomic E-state index is 13.4. The van der Waals surface area contributed by atoms with Gasteiger partial charge in [-0.05, 0) is 61.3 Å². The van der Waals surface area contributed by atoms with Crippen LogP contribution in [0, 0.1) is 22.7 Å². The predicted molar refractivity (Wildman–Crippen MR) is 165 cm³/mol. The fourth-order valence-electron chi connectivity index (χ4n) is 6.17. The second kappa shape index (κ2) is 10.7. The van der Waals surface area contributed by atoms with E-state index in [-0.39, 0.29) is 40.3 Å². The van der Waals surface area contributed by atoms with Gasteiger partial charge in [0.05, 0.1) is 17.1 Å². The van der Waals surface area contributed by atoms with Gasteiger partial charge in [-0.2, -0.15) is 13.5 Å². The van der Waals surface area contributed by atoms with Crippen molar-refractivity contribution in [2.24, 2.45) is 22.7 Å². The molecule has 5 rings (SSSR count). The van der Waals surface area contributed by atoms with E-state index in [1.54, 1.807) is 47.3 Å². The Hall–Kier alpha value is -3.05.